The van der Waals surface area contributed by atoms with Gasteiger partial charge in [0.1, 0.15) is 18.5 Å². The van der Waals surface area contributed by atoms with Gasteiger partial charge in [0.25, 0.3) is 5.91 Å². The van der Waals surface area contributed by atoms with Crippen LogP contribution in [0, 0.1) is 0 Å². The number of benzene rings is 2. The summed E-state index contributed by atoms with van der Waals surface area (Å²) in [7, 11) is 1.63. The Balaban J connectivity index is 1.23. The van der Waals surface area contributed by atoms with Crippen LogP contribution in [-0.4, -0.2) is 61.2 Å². The molecule has 1 amide bonds. The number of methoxy groups -OCH3 is 1. The minimum absolute atomic E-state index is 0.0133. The van der Waals surface area contributed by atoms with E-state index in [0.29, 0.717) is 13.2 Å². The molecule has 2 unspecified atom stereocenters. The number of hydrogen-bond donors (Lipinski definition) is 0. The summed E-state index contributed by atoms with van der Waals surface area (Å²) in [4.78, 5) is 17.4. The lowest BCUT2D eigenvalue weighted by atomic mass is 10.0. The Labute approximate surface area is 171 Å². The first-order valence-corrected chi connectivity index (χ1v) is 10.3. The average Bonchev–Trinajstić information content (AvgIpc) is 3.10. The summed E-state index contributed by atoms with van der Waals surface area (Å²) >= 11 is 0. The van der Waals surface area contributed by atoms with E-state index < -0.39 is 0 Å². The van der Waals surface area contributed by atoms with Gasteiger partial charge in [-0.1, -0.05) is 18.2 Å². The van der Waals surface area contributed by atoms with Crippen molar-refractivity contribution in [3.05, 3.63) is 53.6 Å². The topological polar surface area (TPSA) is 51.2 Å². The molecule has 3 heterocycles. The number of para-hydroxylation sites is 2. The summed E-state index contributed by atoms with van der Waals surface area (Å²) in [5, 5.41) is 0. The number of piperidine rings is 1. The van der Waals surface area contributed by atoms with Crippen LogP contribution in [0.25, 0.3) is 0 Å². The third kappa shape index (κ3) is 3.53. The molecule has 6 nitrogen and oxygen atoms in total. The highest BCUT2D eigenvalue weighted by Crippen LogP contribution is 2.33. The molecular formula is C23H26N2O4. The minimum Gasteiger partial charge on any atom is -0.497 e. The van der Waals surface area contributed by atoms with E-state index in [4.69, 9.17) is 14.2 Å². The van der Waals surface area contributed by atoms with Gasteiger partial charge in [0.15, 0.2) is 11.5 Å². The molecule has 0 spiro atoms. The zero-order chi connectivity index (χ0) is 19.8. The van der Waals surface area contributed by atoms with Crippen molar-refractivity contribution in [1.29, 1.82) is 0 Å². The van der Waals surface area contributed by atoms with Crippen molar-refractivity contribution >= 4 is 5.91 Å². The predicted molar refractivity (Wildman–Crippen MR) is 109 cm³/mol. The predicted octanol–water partition coefficient (Wildman–Crippen LogP) is 2.96. The molecule has 0 N–H and O–H groups in total. The number of fused-ring (bicyclic) bond motifs is 2. The maximum absolute atomic E-state index is 13.0. The molecule has 1 fully saturated rings. The van der Waals surface area contributed by atoms with Gasteiger partial charge < -0.3 is 19.1 Å². The zero-order valence-corrected chi connectivity index (χ0v) is 16.7. The number of carbonyl (C=O) groups excluding carboxylic acids is 1. The Morgan fingerprint density at radius 2 is 2.03 bits per heavy atom. The molecule has 6 heteroatoms. The van der Waals surface area contributed by atoms with Crippen molar-refractivity contribution in [2.45, 2.75) is 31.5 Å². The molecular weight excluding hydrogens is 368 g/mol. The van der Waals surface area contributed by atoms with E-state index in [2.05, 4.69) is 4.90 Å². The molecule has 2 aromatic rings. The third-order valence-electron chi connectivity index (χ3n) is 6.10. The first kappa shape index (κ1) is 18.3. The lowest BCUT2D eigenvalue weighted by Gasteiger charge is -2.39. The molecule has 2 atom stereocenters. The third-order valence-corrected chi connectivity index (χ3v) is 6.10. The molecule has 2 aromatic carbocycles. The molecule has 0 radical (unpaired) electrons. The summed E-state index contributed by atoms with van der Waals surface area (Å²) in [6.45, 7) is 3.96. The molecule has 152 valence electrons. The van der Waals surface area contributed by atoms with Crippen LogP contribution in [0.3, 0.4) is 0 Å². The number of hydrogen-bond acceptors (Lipinski definition) is 5. The second-order valence-electron chi connectivity index (χ2n) is 8.01. The number of carbonyl (C=O) groups is 1. The van der Waals surface area contributed by atoms with Crippen molar-refractivity contribution in [2.75, 3.05) is 33.4 Å². The Kier molecular flexibility index (Phi) is 4.79. The molecule has 3 aliphatic rings. The van der Waals surface area contributed by atoms with Crippen molar-refractivity contribution in [2.24, 2.45) is 0 Å². The molecule has 1 saturated heterocycles. The first-order valence-electron chi connectivity index (χ1n) is 10.3. The summed E-state index contributed by atoms with van der Waals surface area (Å²) in [6.07, 6.45) is 2.13. The van der Waals surface area contributed by atoms with E-state index in [0.717, 1.165) is 60.9 Å². The van der Waals surface area contributed by atoms with E-state index in [-0.39, 0.29) is 18.1 Å². The van der Waals surface area contributed by atoms with Gasteiger partial charge in [-0.15, -0.1) is 0 Å². The SMILES string of the molecule is COc1ccc2c(c1)C(=O)N(C1CCCN(CC3COc4ccccc4O3)C1)C2. The van der Waals surface area contributed by atoms with Crippen LogP contribution < -0.4 is 14.2 Å². The second-order valence-corrected chi connectivity index (χ2v) is 8.01. The van der Waals surface area contributed by atoms with E-state index in [1.807, 2.05) is 47.4 Å². The summed E-state index contributed by atoms with van der Waals surface area (Å²) < 4.78 is 17.3. The van der Waals surface area contributed by atoms with Crippen LogP contribution in [0.1, 0.15) is 28.8 Å². The average molecular weight is 394 g/mol. The molecule has 0 aliphatic carbocycles. The van der Waals surface area contributed by atoms with Gasteiger partial charge in [-0.05, 0) is 49.2 Å². The van der Waals surface area contributed by atoms with Gasteiger partial charge in [0, 0.05) is 31.2 Å². The maximum Gasteiger partial charge on any atom is 0.254 e. The summed E-state index contributed by atoms with van der Waals surface area (Å²) in [5.74, 6) is 2.49. The van der Waals surface area contributed by atoms with Crippen LogP contribution in [-0.2, 0) is 6.54 Å². The monoisotopic (exact) mass is 394 g/mol. The maximum atomic E-state index is 13.0. The Morgan fingerprint density at radius 3 is 2.90 bits per heavy atom. The van der Waals surface area contributed by atoms with Gasteiger partial charge in [-0.2, -0.15) is 0 Å². The van der Waals surface area contributed by atoms with Crippen molar-refractivity contribution < 1.29 is 19.0 Å². The molecule has 29 heavy (non-hydrogen) atoms. The standard InChI is InChI=1S/C23H26N2O4/c1-27-18-9-8-16-12-25(23(26)20(16)11-18)17-5-4-10-24(13-17)14-19-15-28-21-6-2-3-7-22(21)29-19/h2-3,6-9,11,17,19H,4-5,10,12-15H2,1H3. The molecule has 5 rings (SSSR count). The van der Waals surface area contributed by atoms with E-state index in [1.54, 1.807) is 7.11 Å². The lowest BCUT2D eigenvalue weighted by Crippen LogP contribution is -2.51. The Bertz CT molecular complexity index is 916. The highest BCUT2D eigenvalue weighted by atomic mass is 16.6. The van der Waals surface area contributed by atoms with Crippen LogP contribution in [0.4, 0.5) is 0 Å². The normalized spacial score (nSPS) is 23.8. The largest absolute Gasteiger partial charge is 0.497 e. The van der Waals surface area contributed by atoms with Gasteiger partial charge in [0.2, 0.25) is 0 Å². The lowest BCUT2D eigenvalue weighted by molar-refractivity contribution is 0.0306. The molecule has 0 aromatic heterocycles. The quantitative estimate of drug-likeness (QED) is 0.798. The highest BCUT2D eigenvalue weighted by molar-refractivity contribution is 5.99. The van der Waals surface area contributed by atoms with E-state index in [9.17, 15) is 4.79 Å². The number of ether oxygens (including phenoxy) is 3. The van der Waals surface area contributed by atoms with Gasteiger partial charge in [0.05, 0.1) is 7.11 Å². The van der Waals surface area contributed by atoms with E-state index in [1.165, 1.54) is 0 Å². The van der Waals surface area contributed by atoms with Crippen LogP contribution in [0.5, 0.6) is 17.2 Å². The Hall–Kier alpha value is -2.73. The number of rotatable bonds is 4. The minimum atomic E-state index is 0.0133. The fraction of sp³-hybridized carbons (Fsp3) is 0.435. The smallest absolute Gasteiger partial charge is 0.254 e. The summed E-state index contributed by atoms with van der Waals surface area (Å²) in [6, 6.07) is 13.8. The van der Waals surface area contributed by atoms with Gasteiger partial charge in [-0.3, -0.25) is 9.69 Å². The van der Waals surface area contributed by atoms with Crippen molar-refractivity contribution in [3.8, 4) is 17.2 Å². The Morgan fingerprint density at radius 1 is 1.17 bits per heavy atom. The van der Waals surface area contributed by atoms with E-state index >= 15 is 0 Å². The fourth-order valence-corrected chi connectivity index (χ4v) is 4.62. The highest BCUT2D eigenvalue weighted by Gasteiger charge is 2.36. The van der Waals surface area contributed by atoms with Crippen molar-refractivity contribution in [3.63, 3.8) is 0 Å². The molecule has 0 bridgehead atoms. The van der Waals surface area contributed by atoms with Crippen LogP contribution in [0.15, 0.2) is 42.5 Å². The molecule has 3 aliphatic heterocycles. The first-order chi connectivity index (χ1) is 14.2. The van der Waals surface area contributed by atoms with Gasteiger partial charge in [-0.25, -0.2) is 0 Å². The fourth-order valence-electron chi connectivity index (χ4n) is 4.62. The van der Waals surface area contributed by atoms with Gasteiger partial charge >= 0.3 is 0 Å². The van der Waals surface area contributed by atoms with Crippen LogP contribution in [0.2, 0.25) is 0 Å². The number of nitrogens with zero attached hydrogens (tertiary/aromatic N) is 2. The van der Waals surface area contributed by atoms with Crippen LogP contribution >= 0.6 is 0 Å². The number of amides is 1. The summed E-state index contributed by atoms with van der Waals surface area (Å²) in [5.41, 5.74) is 1.87. The number of likely N-dealkylation sites (tertiary alicyclic amines) is 1. The second kappa shape index (κ2) is 7.59. The molecule has 0 saturated carbocycles. The van der Waals surface area contributed by atoms with Crippen molar-refractivity contribution in [1.82, 2.24) is 9.80 Å². The zero-order valence-electron chi connectivity index (χ0n) is 16.7.